The van der Waals surface area contributed by atoms with E-state index in [1.54, 1.807) is 12.4 Å². The van der Waals surface area contributed by atoms with Gasteiger partial charge in [0.2, 0.25) is 11.9 Å². The van der Waals surface area contributed by atoms with E-state index in [2.05, 4.69) is 32.0 Å². The fourth-order valence-corrected chi connectivity index (χ4v) is 2.77. The molecule has 3 N–H and O–H groups in total. The van der Waals surface area contributed by atoms with Crippen LogP contribution in [-0.4, -0.2) is 66.1 Å². The van der Waals surface area contributed by atoms with Crippen LogP contribution in [0.2, 0.25) is 0 Å². The largest absolute Gasteiger partial charge is 0.355 e. The first-order valence-electron chi connectivity index (χ1n) is 8.89. The zero-order valence-electron chi connectivity index (χ0n) is 15.2. The molecule has 1 aromatic heterocycles. The van der Waals surface area contributed by atoms with E-state index in [9.17, 15) is 4.79 Å². The van der Waals surface area contributed by atoms with Gasteiger partial charge in [0, 0.05) is 45.1 Å². The molecular weight excluding hydrogens is 340 g/mol. The van der Waals surface area contributed by atoms with Crippen molar-refractivity contribution in [3.63, 3.8) is 0 Å². The third-order valence-electron chi connectivity index (χ3n) is 4.72. The van der Waals surface area contributed by atoms with Crippen LogP contribution in [0.3, 0.4) is 0 Å². The molecule has 0 saturated carbocycles. The summed E-state index contributed by atoms with van der Waals surface area (Å²) in [5.41, 5.74) is 5.93. The second-order valence-electron chi connectivity index (χ2n) is 6.43. The number of halogens is 1. The topological polar surface area (TPSA) is 87.4 Å². The van der Waals surface area contributed by atoms with E-state index < -0.39 is 6.04 Å². The number of amides is 1. The molecule has 1 aliphatic rings. The van der Waals surface area contributed by atoms with Crippen LogP contribution in [0, 0.1) is 5.92 Å². The van der Waals surface area contributed by atoms with Gasteiger partial charge in [-0.05, 0) is 24.9 Å². The third kappa shape index (κ3) is 6.76. The van der Waals surface area contributed by atoms with Crippen LogP contribution in [0.5, 0.6) is 0 Å². The number of carbonyl (C=O) groups excluding carboxylic acids is 1. The predicted octanol–water partition coefficient (Wildman–Crippen LogP) is 0.900. The van der Waals surface area contributed by atoms with Gasteiger partial charge in [0.05, 0.1) is 6.04 Å². The fraction of sp³-hybridized carbons (Fsp3) is 0.706. The summed E-state index contributed by atoms with van der Waals surface area (Å²) in [6, 6.07) is 1.44. The van der Waals surface area contributed by atoms with E-state index in [1.165, 1.54) is 0 Å². The molecule has 1 saturated heterocycles. The number of nitrogens with two attached hydrogens (primary N) is 1. The Bertz CT molecular complexity index is 495. The Morgan fingerprint density at radius 3 is 2.52 bits per heavy atom. The molecule has 0 aliphatic carbocycles. The maximum Gasteiger partial charge on any atom is 0.237 e. The monoisotopic (exact) mass is 370 g/mol. The van der Waals surface area contributed by atoms with Crippen molar-refractivity contribution < 1.29 is 4.79 Å². The molecule has 2 unspecified atom stereocenters. The lowest BCUT2D eigenvalue weighted by Crippen LogP contribution is -2.48. The van der Waals surface area contributed by atoms with Gasteiger partial charge in [-0.15, -0.1) is 12.4 Å². The second-order valence-corrected chi connectivity index (χ2v) is 6.43. The highest BCUT2D eigenvalue weighted by molar-refractivity contribution is 5.85. The lowest BCUT2D eigenvalue weighted by molar-refractivity contribution is -0.123. The molecule has 2 atom stereocenters. The van der Waals surface area contributed by atoms with Gasteiger partial charge in [0.15, 0.2) is 0 Å². The Kier molecular flexibility index (Phi) is 9.70. The third-order valence-corrected chi connectivity index (χ3v) is 4.72. The first kappa shape index (κ1) is 21.6. The molecule has 1 aliphatic heterocycles. The van der Waals surface area contributed by atoms with Crippen molar-refractivity contribution in [1.29, 1.82) is 0 Å². The molecule has 1 aromatic rings. The molecule has 8 heteroatoms. The van der Waals surface area contributed by atoms with Crippen LogP contribution in [0.25, 0.3) is 0 Å². The number of nitrogens with one attached hydrogen (secondary N) is 1. The van der Waals surface area contributed by atoms with Gasteiger partial charge in [-0.25, -0.2) is 9.97 Å². The number of piperazine rings is 1. The highest BCUT2D eigenvalue weighted by atomic mass is 35.5. The van der Waals surface area contributed by atoms with E-state index in [1.807, 2.05) is 13.0 Å². The molecule has 1 amide bonds. The molecule has 0 spiro atoms. The number of hydrogen-bond donors (Lipinski definition) is 2. The lowest BCUT2D eigenvalue weighted by Gasteiger charge is -2.34. The number of carbonyl (C=O) groups is 1. The van der Waals surface area contributed by atoms with Crippen molar-refractivity contribution in [1.82, 2.24) is 20.2 Å². The Hall–Kier alpha value is -1.44. The Morgan fingerprint density at radius 2 is 1.92 bits per heavy atom. The van der Waals surface area contributed by atoms with E-state index in [0.717, 1.165) is 51.5 Å². The maximum atomic E-state index is 11.9. The molecule has 0 bridgehead atoms. The Labute approximate surface area is 156 Å². The molecule has 0 aromatic carbocycles. The van der Waals surface area contributed by atoms with Gasteiger partial charge in [-0.2, -0.15) is 0 Å². The van der Waals surface area contributed by atoms with Crippen molar-refractivity contribution in [3.8, 4) is 0 Å². The molecule has 142 valence electrons. The smallest absolute Gasteiger partial charge is 0.237 e. The standard InChI is InChI=1S/C17H30N6O.ClH/c1-3-14(2)15(18)16(24)19-8-5-9-22-10-12-23(13-11-22)17-20-6-4-7-21-17;/h4,6-7,14-15H,3,5,8-13,18H2,1-2H3,(H,19,24);1H. The number of rotatable bonds is 8. The van der Waals surface area contributed by atoms with Gasteiger partial charge in [0.1, 0.15) is 0 Å². The minimum Gasteiger partial charge on any atom is -0.355 e. The van der Waals surface area contributed by atoms with Crippen LogP contribution >= 0.6 is 12.4 Å². The second kappa shape index (κ2) is 11.2. The van der Waals surface area contributed by atoms with Crippen LogP contribution in [0.15, 0.2) is 18.5 Å². The maximum absolute atomic E-state index is 11.9. The van der Waals surface area contributed by atoms with E-state index in [-0.39, 0.29) is 24.2 Å². The van der Waals surface area contributed by atoms with Crippen molar-refractivity contribution >= 4 is 24.3 Å². The molecular formula is C17H31ClN6O. The number of hydrogen-bond acceptors (Lipinski definition) is 6. The first-order chi connectivity index (χ1) is 11.6. The van der Waals surface area contributed by atoms with Crippen LogP contribution in [0.1, 0.15) is 26.7 Å². The Balaban J connectivity index is 0.00000312. The number of aromatic nitrogens is 2. The summed E-state index contributed by atoms with van der Waals surface area (Å²) in [5, 5.41) is 2.95. The van der Waals surface area contributed by atoms with Crippen LogP contribution in [-0.2, 0) is 4.79 Å². The first-order valence-corrected chi connectivity index (χ1v) is 8.89. The van der Waals surface area contributed by atoms with Crippen molar-refractivity contribution in [3.05, 3.63) is 18.5 Å². The van der Waals surface area contributed by atoms with Crippen molar-refractivity contribution in [2.24, 2.45) is 11.7 Å². The van der Waals surface area contributed by atoms with E-state index in [0.29, 0.717) is 6.54 Å². The lowest BCUT2D eigenvalue weighted by atomic mass is 9.99. The summed E-state index contributed by atoms with van der Waals surface area (Å²) in [6.45, 7) is 9.62. The summed E-state index contributed by atoms with van der Waals surface area (Å²) in [7, 11) is 0. The molecule has 2 rings (SSSR count). The normalized spacial score (nSPS) is 17.5. The summed E-state index contributed by atoms with van der Waals surface area (Å²) >= 11 is 0. The Morgan fingerprint density at radius 1 is 1.28 bits per heavy atom. The van der Waals surface area contributed by atoms with Gasteiger partial charge in [0.25, 0.3) is 0 Å². The number of nitrogens with zero attached hydrogens (tertiary/aromatic N) is 4. The highest BCUT2D eigenvalue weighted by Gasteiger charge is 2.20. The average molecular weight is 371 g/mol. The van der Waals surface area contributed by atoms with E-state index >= 15 is 0 Å². The van der Waals surface area contributed by atoms with E-state index in [4.69, 9.17) is 5.73 Å². The van der Waals surface area contributed by atoms with Crippen LogP contribution in [0.4, 0.5) is 5.95 Å². The van der Waals surface area contributed by atoms with Crippen molar-refractivity contribution in [2.45, 2.75) is 32.7 Å². The average Bonchev–Trinajstić information content (AvgIpc) is 2.65. The van der Waals surface area contributed by atoms with Gasteiger partial charge >= 0.3 is 0 Å². The molecule has 1 fully saturated rings. The van der Waals surface area contributed by atoms with Crippen LogP contribution < -0.4 is 16.0 Å². The fourth-order valence-electron chi connectivity index (χ4n) is 2.77. The zero-order valence-corrected chi connectivity index (χ0v) is 16.0. The van der Waals surface area contributed by atoms with Gasteiger partial charge in [-0.3, -0.25) is 9.69 Å². The SMILES string of the molecule is CCC(C)C(N)C(=O)NCCCN1CCN(c2ncccn2)CC1.Cl. The quantitative estimate of drug-likeness (QED) is 0.661. The summed E-state index contributed by atoms with van der Waals surface area (Å²) in [6.07, 6.45) is 5.42. The molecule has 0 radical (unpaired) electrons. The van der Waals surface area contributed by atoms with Gasteiger partial charge < -0.3 is 16.0 Å². The minimum absolute atomic E-state index is 0. The molecule has 2 heterocycles. The predicted molar refractivity (Wildman–Crippen MR) is 103 cm³/mol. The van der Waals surface area contributed by atoms with Gasteiger partial charge in [-0.1, -0.05) is 20.3 Å². The summed E-state index contributed by atoms with van der Waals surface area (Å²) < 4.78 is 0. The summed E-state index contributed by atoms with van der Waals surface area (Å²) in [5.74, 6) is 0.997. The van der Waals surface area contributed by atoms with Crippen molar-refractivity contribution in [2.75, 3.05) is 44.2 Å². The molecule has 7 nitrogen and oxygen atoms in total. The highest BCUT2D eigenvalue weighted by Crippen LogP contribution is 2.09. The minimum atomic E-state index is -0.399. The molecule has 25 heavy (non-hydrogen) atoms. The number of anilines is 1. The summed E-state index contributed by atoms with van der Waals surface area (Å²) in [4.78, 5) is 25.1. The zero-order chi connectivity index (χ0) is 17.4.